The topological polar surface area (TPSA) is 55.8 Å². The summed E-state index contributed by atoms with van der Waals surface area (Å²) in [6.07, 6.45) is 0. The van der Waals surface area contributed by atoms with Crippen LogP contribution in [0.3, 0.4) is 0 Å². The molecule has 0 aliphatic rings. The molecular weight excluding hydrogens is 395 g/mol. The van der Waals surface area contributed by atoms with Gasteiger partial charge in [0.2, 0.25) is 0 Å². The average Bonchev–Trinajstić information content (AvgIpc) is 2.76. The van der Waals surface area contributed by atoms with Crippen LogP contribution in [0.5, 0.6) is 5.75 Å². The minimum absolute atomic E-state index is 0.0328. The minimum atomic E-state index is -0.481. The molecule has 5 heteroatoms. The maximum atomic E-state index is 14.5. The van der Waals surface area contributed by atoms with Crippen molar-refractivity contribution in [2.75, 3.05) is 13.2 Å². The van der Waals surface area contributed by atoms with Gasteiger partial charge in [-0.2, -0.15) is 0 Å². The smallest absolute Gasteiger partial charge is 0.333 e. The lowest BCUT2D eigenvalue weighted by Crippen LogP contribution is -2.06. The van der Waals surface area contributed by atoms with Gasteiger partial charge in [0.25, 0.3) is 0 Å². The van der Waals surface area contributed by atoms with Gasteiger partial charge in [-0.25, -0.2) is 9.18 Å². The van der Waals surface area contributed by atoms with Crippen molar-refractivity contribution in [1.82, 2.24) is 0 Å². The monoisotopic (exact) mass is 420 g/mol. The van der Waals surface area contributed by atoms with Crippen LogP contribution in [-0.4, -0.2) is 24.3 Å². The van der Waals surface area contributed by atoms with Gasteiger partial charge in [0.15, 0.2) is 0 Å². The van der Waals surface area contributed by atoms with Crippen molar-refractivity contribution in [3.63, 3.8) is 0 Å². The van der Waals surface area contributed by atoms with E-state index >= 15 is 0 Å². The summed E-state index contributed by atoms with van der Waals surface area (Å²) in [5.74, 6) is -0.139. The average molecular weight is 420 g/mol. The van der Waals surface area contributed by atoms with Crippen molar-refractivity contribution in [1.29, 1.82) is 0 Å². The number of aryl methyl sites for hydroxylation is 1. The molecule has 0 aliphatic heterocycles. The van der Waals surface area contributed by atoms with Gasteiger partial charge in [0, 0.05) is 11.1 Å². The lowest BCUT2D eigenvalue weighted by atomic mass is 9.94. The van der Waals surface area contributed by atoms with Gasteiger partial charge in [-0.1, -0.05) is 43.0 Å². The van der Waals surface area contributed by atoms with Crippen molar-refractivity contribution in [2.24, 2.45) is 0 Å². The van der Waals surface area contributed by atoms with Crippen LogP contribution in [0.1, 0.15) is 18.1 Å². The Bertz CT molecular complexity index is 1090. The fourth-order valence-electron chi connectivity index (χ4n) is 3.18. The Morgan fingerprint density at radius 3 is 2.32 bits per heavy atom. The van der Waals surface area contributed by atoms with E-state index in [9.17, 15) is 9.18 Å². The van der Waals surface area contributed by atoms with E-state index in [4.69, 9.17) is 14.6 Å². The molecule has 0 saturated heterocycles. The van der Waals surface area contributed by atoms with Gasteiger partial charge in [-0.15, -0.1) is 0 Å². The van der Waals surface area contributed by atoms with E-state index in [2.05, 4.69) is 6.58 Å². The van der Waals surface area contributed by atoms with Crippen LogP contribution in [0.4, 0.5) is 4.39 Å². The van der Waals surface area contributed by atoms with E-state index in [0.29, 0.717) is 22.4 Å². The first kappa shape index (κ1) is 22.2. The van der Waals surface area contributed by atoms with Crippen molar-refractivity contribution < 1.29 is 23.8 Å². The highest BCUT2D eigenvalue weighted by Crippen LogP contribution is 2.32. The molecule has 3 aromatic carbocycles. The minimum Gasteiger partial charge on any atom is -0.491 e. The number of aliphatic hydroxyl groups is 1. The van der Waals surface area contributed by atoms with E-state index < -0.39 is 5.97 Å². The second-order valence-electron chi connectivity index (χ2n) is 7.31. The normalized spacial score (nSPS) is 10.6. The molecule has 0 amide bonds. The molecule has 0 radical (unpaired) electrons. The number of ether oxygens (including phenoxy) is 2. The molecule has 0 fully saturated rings. The zero-order chi connectivity index (χ0) is 22.4. The van der Waals surface area contributed by atoms with E-state index in [-0.39, 0.29) is 25.6 Å². The third-order valence-corrected chi connectivity index (χ3v) is 4.77. The zero-order valence-corrected chi connectivity index (χ0v) is 17.7. The Hall–Kier alpha value is -3.44. The van der Waals surface area contributed by atoms with Crippen molar-refractivity contribution >= 4 is 5.97 Å². The maximum absolute atomic E-state index is 14.5. The summed E-state index contributed by atoms with van der Waals surface area (Å²) >= 11 is 0. The van der Waals surface area contributed by atoms with Gasteiger partial charge in [0.1, 0.15) is 24.8 Å². The summed E-state index contributed by atoms with van der Waals surface area (Å²) in [6.45, 7) is 7.24. The molecule has 31 heavy (non-hydrogen) atoms. The predicted octanol–water partition coefficient (Wildman–Crippen LogP) is 5.46. The highest BCUT2D eigenvalue weighted by atomic mass is 19.1. The number of aliphatic hydroxyl groups excluding tert-OH is 1. The summed E-state index contributed by atoms with van der Waals surface area (Å²) in [5.41, 5.74) is 4.84. The molecule has 0 spiro atoms. The second-order valence-corrected chi connectivity index (χ2v) is 7.31. The zero-order valence-electron chi connectivity index (χ0n) is 17.7. The number of rotatable bonds is 8. The van der Waals surface area contributed by atoms with E-state index in [1.54, 1.807) is 13.0 Å². The molecule has 0 atom stereocenters. The Morgan fingerprint density at radius 2 is 1.68 bits per heavy atom. The molecule has 0 aromatic heterocycles. The summed E-state index contributed by atoms with van der Waals surface area (Å²) < 4.78 is 25.3. The summed E-state index contributed by atoms with van der Waals surface area (Å²) in [7, 11) is 0. The van der Waals surface area contributed by atoms with Gasteiger partial charge >= 0.3 is 5.97 Å². The summed E-state index contributed by atoms with van der Waals surface area (Å²) in [4.78, 5) is 11.9. The maximum Gasteiger partial charge on any atom is 0.333 e. The molecule has 160 valence electrons. The van der Waals surface area contributed by atoms with Crippen LogP contribution < -0.4 is 4.74 Å². The van der Waals surface area contributed by atoms with Crippen LogP contribution in [-0.2, 0) is 16.1 Å². The quantitative estimate of drug-likeness (QED) is 0.388. The molecule has 1 N–H and O–H groups in total. The number of hydrogen-bond donors (Lipinski definition) is 1. The standard InChI is InChI=1S/C26H25FO4/c1-17(2)26(29)31-16-21-15-20(24-10-4-18(3)14-25(24)27)7-11-23(21)19-5-8-22(9-6-19)30-13-12-28/h4-11,14-15,28H,1,12-13,16H2,2-3H3. The van der Waals surface area contributed by atoms with E-state index in [1.807, 2.05) is 55.5 Å². The van der Waals surface area contributed by atoms with Crippen LogP contribution in [0.25, 0.3) is 22.3 Å². The molecule has 0 saturated carbocycles. The van der Waals surface area contributed by atoms with Crippen molar-refractivity contribution in [3.05, 3.63) is 89.8 Å². The highest BCUT2D eigenvalue weighted by molar-refractivity contribution is 5.87. The first-order chi connectivity index (χ1) is 14.9. The number of halogens is 1. The van der Waals surface area contributed by atoms with Crippen LogP contribution >= 0.6 is 0 Å². The Kier molecular flexibility index (Phi) is 7.21. The van der Waals surface area contributed by atoms with Crippen molar-refractivity contribution in [3.8, 4) is 28.0 Å². The van der Waals surface area contributed by atoms with E-state index in [1.165, 1.54) is 6.07 Å². The lowest BCUT2D eigenvalue weighted by Gasteiger charge is -2.14. The third kappa shape index (κ3) is 5.58. The van der Waals surface area contributed by atoms with Gasteiger partial charge in [-0.05, 0) is 65.9 Å². The largest absolute Gasteiger partial charge is 0.491 e. The Balaban J connectivity index is 1.99. The summed E-state index contributed by atoms with van der Waals surface area (Å²) in [6, 6.07) is 18.1. The fourth-order valence-corrected chi connectivity index (χ4v) is 3.18. The number of esters is 1. The van der Waals surface area contributed by atoms with Gasteiger partial charge in [-0.3, -0.25) is 0 Å². The highest BCUT2D eigenvalue weighted by Gasteiger charge is 2.13. The number of carbonyl (C=O) groups excluding carboxylic acids is 1. The fraction of sp³-hybridized carbons (Fsp3) is 0.192. The SMILES string of the molecule is C=C(C)C(=O)OCc1cc(-c2ccc(C)cc2F)ccc1-c1ccc(OCCO)cc1. The van der Waals surface area contributed by atoms with Gasteiger partial charge < -0.3 is 14.6 Å². The third-order valence-electron chi connectivity index (χ3n) is 4.77. The Labute approximate surface area is 181 Å². The molecule has 0 bridgehead atoms. The first-order valence-electron chi connectivity index (χ1n) is 9.95. The summed E-state index contributed by atoms with van der Waals surface area (Å²) in [5, 5.41) is 8.89. The molecule has 3 aromatic rings. The van der Waals surface area contributed by atoms with Crippen LogP contribution in [0, 0.1) is 12.7 Å². The number of carbonyl (C=O) groups is 1. The van der Waals surface area contributed by atoms with E-state index in [0.717, 1.165) is 22.3 Å². The molecule has 0 aliphatic carbocycles. The van der Waals surface area contributed by atoms with Crippen LogP contribution in [0.2, 0.25) is 0 Å². The first-order valence-corrected chi connectivity index (χ1v) is 9.95. The molecule has 3 rings (SSSR count). The van der Waals surface area contributed by atoms with Crippen LogP contribution in [0.15, 0.2) is 72.8 Å². The number of hydrogen-bond acceptors (Lipinski definition) is 4. The lowest BCUT2D eigenvalue weighted by molar-refractivity contribution is -0.140. The van der Waals surface area contributed by atoms with Gasteiger partial charge in [0.05, 0.1) is 6.61 Å². The Morgan fingerprint density at radius 1 is 1.00 bits per heavy atom. The molecular formula is C26H25FO4. The number of benzene rings is 3. The molecule has 4 nitrogen and oxygen atoms in total. The predicted molar refractivity (Wildman–Crippen MR) is 119 cm³/mol. The van der Waals surface area contributed by atoms with Crippen molar-refractivity contribution in [2.45, 2.75) is 20.5 Å². The second kappa shape index (κ2) is 10.0. The molecule has 0 unspecified atom stereocenters. The molecule has 0 heterocycles.